The first kappa shape index (κ1) is 14.2. The van der Waals surface area contributed by atoms with Crippen molar-refractivity contribution < 1.29 is 5.11 Å². The molecular formula is C17H22N3O+. The topological polar surface area (TPSA) is 45.5 Å². The maximum Gasteiger partial charge on any atom is 0.210 e. The number of para-hydroxylation sites is 1. The van der Waals surface area contributed by atoms with Gasteiger partial charge in [0.05, 0.1) is 43.7 Å². The summed E-state index contributed by atoms with van der Waals surface area (Å²) in [5.41, 5.74) is 3.17. The van der Waals surface area contributed by atoms with E-state index in [1.807, 2.05) is 24.4 Å². The molecule has 1 aliphatic heterocycles. The summed E-state index contributed by atoms with van der Waals surface area (Å²) in [6.07, 6.45) is 2.46. The Balaban J connectivity index is 2.23. The molecule has 0 radical (unpaired) electrons. The van der Waals surface area contributed by atoms with Gasteiger partial charge in [0, 0.05) is 5.92 Å². The second-order valence-corrected chi connectivity index (χ2v) is 6.28. The number of aliphatic hydroxyl groups is 1. The number of amidine groups is 1. The highest BCUT2D eigenvalue weighted by molar-refractivity contribution is 6.10. The average Bonchev–Trinajstić information content (AvgIpc) is 2.71. The van der Waals surface area contributed by atoms with Crippen LogP contribution in [0.1, 0.15) is 20.3 Å². The van der Waals surface area contributed by atoms with Crippen molar-refractivity contribution in [3.63, 3.8) is 0 Å². The van der Waals surface area contributed by atoms with Crippen LogP contribution >= 0.6 is 0 Å². The first-order valence-corrected chi connectivity index (χ1v) is 7.49. The largest absolute Gasteiger partial charge is 0.396 e. The van der Waals surface area contributed by atoms with Gasteiger partial charge in [-0.25, -0.2) is 4.48 Å². The van der Waals surface area contributed by atoms with Gasteiger partial charge in [0.2, 0.25) is 5.84 Å². The molecule has 110 valence electrons. The standard InChI is InChI=1S/C17H22N3O/c1-12(2)11-20(3)16(8-9-21)19-15-10-18-14-7-5-4-6-13(14)17(15)20/h4-7,10,12,21H,8-9,11H2,1-3H3/q+1. The normalized spacial score (nSPS) is 20.9. The lowest BCUT2D eigenvalue weighted by Gasteiger charge is -2.32. The monoisotopic (exact) mass is 284 g/mol. The molecule has 0 saturated heterocycles. The third-order valence-corrected chi connectivity index (χ3v) is 4.11. The maximum absolute atomic E-state index is 9.38. The van der Waals surface area contributed by atoms with E-state index in [4.69, 9.17) is 4.99 Å². The molecule has 2 aromatic rings. The van der Waals surface area contributed by atoms with Crippen molar-refractivity contribution in [1.29, 1.82) is 0 Å². The Hall–Kier alpha value is -1.78. The van der Waals surface area contributed by atoms with Gasteiger partial charge < -0.3 is 5.11 Å². The van der Waals surface area contributed by atoms with Gasteiger partial charge in [-0.3, -0.25) is 4.98 Å². The molecular weight excluding hydrogens is 262 g/mol. The number of hydrogen-bond donors (Lipinski definition) is 1. The van der Waals surface area contributed by atoms with Crippen molar-refractivity contribution in [2.75, 3.05) is 20.2 Å². The fourth-order valence-corrected chi connectivity index (χ4v) is 3.42. The Morgan fingerprint density at radius 2 is 2.00 bits per heavy atom. The molecule has 0 aliphatic carbocycles. The van der Waals surface area contributed by atoms with E-state index in [0.717, 1.165) is 29.0 Å². The number of pyridine rings is 1. The lowest BCUT2D eigenvalue weighted by molar-refractivity contribution is 0.299. The van der Waals surface area contributed by atoms with Crippen LogP contribution in [0.5, 0.6) is 0 Å². The van der Waals surface area contributed by atoms with E-state index in [9.17, 15) is 5.11 Å². The Kier molecular flexibility index (Phi) is 3.51. The highest BCUT2D eigenvalue weighted by Crippen LogP contribution is 2.44. The number of aliphatic imine (C=N–C) groups is 1. The van der Waals surface area contributed by atoms with E-state index in [2.05, 4.69) is 31.9 Å². The summed E-state index contributed by atoms with van der Waals surface area (Å²) in [5, 5.41) is 10.5. The van der Waals surface area contributed by atoms with Crippen molar-refractivity contribution in [3.05, 3.63) is 30.5 Å². The van der Waals surface area contributed by atoms with Crippen LogP contribution in [0.3, 0.4) is 0 Å². The lowest BCUT2D eigenvalue weighted by atomic mass is 10.1. The third kappa shape index (κ3) is 2.24. The average molecular weight is 284 g/mol. The predicted molar refractivity (Wildman–Crippen MR) is 88.0 cm³/mol. The lowest BCUT2D eigenvalue weighted by Crippen LogP contribution is -2.51. The van der Waals surface area contributed by atoms with Crippen molar-refractivity contribution >= 4 is 28.1 Å². The van der Waals surface area contributed by atoms with Gasteiger partial charge in [-0.1, -0.05) is 26.0 Å². The second-order valence-electron chi connectivity index (χ2n) is 6.28. The summed E-state index contributed by atoms with van der Waals surface area (Å²) in [7, 11) is 2.20. The van der Waals surface area contributed by atoms with E-state index >= 15 is 0 Å². The number of rotatable bonds is 4. The van der Waals surface area contributed by atoms with E-state index in [1.54, 1.807) is 0 Å². The highest BCUT2D eigenvalue weighted by Gasteiger charge is 2.41. The first-order valence-electron chi connectivity index (χ1n) is 7.49. The number of aromatic nitrogens is 1. The van der Waals surface area contributed by atoms with Crippen LogP contribution in [-0.2, 0) is 0 Å². The molecule has 1 aromatic carbocycles. The Morgan fingerprint density at radius 1 is 1.24 bits per heavy atom. The third-order valence-electron chi connectivity index (χ3n) is 4.11. The molecule has 1 unspecified atom stereocenters. The molecule has 0 bridgehead atoms. The molecule has 0 fully saturated rings. The van der Waals surface area contributed by atoms with Crippen LogP contribution in [0.15, 0.2) is 35.5 Å². The van der Waals surface area contributed by atoms with Crippen molar-refractivity contribution in [2.24, 2.45) is 10.9 Å². The van der Waals surface area contributed by atoms with Gasteiger partial charge in [-0.15, -0.1) is 0 Å². The Labute approximate surface area is 125 Å². The first-order chi connectivity index (χ1) is 10.1. The van der Waals surface area contributed by atoms with Crippen LogP contribution in [-0.4, -0.2) is 36.1 Å². The number of hydrogen-bond acceptors (Lipinski definition) is 3. The zero-order valence-electron chi connectivity index (χ0n) is 12.9. The molecule has 1 aromatic heterocycles. The molecule has 1 aliphatic rings. The minimum Gasteiger partial charge on any atom is -0.396 e. The summed E-state index contributed by atoms with van der Waals surface area (Å²) in [5.74, 6) is 1.57. The summed E-state index contributed by atoms with van der Waals surface area (Å²) < 4.78 is 0.677. The molecule has 2 heterocycles. The number of quaternary nitrogens is 1. The van der Waals surface area contributed by atoms with Gasteiger partial charge in [0.1, 0.15) is 5.69 Å². The quantitative estimate of drug-likeness (QED) is 0.876. The van der Waals surface area contributed by atoms with Crippen LogP contribution in [0.25, 0.3) is 10.9 Å². The van der Waals surface area contributed by atoms with Gasteiger partial charge in [-0.05, 0) is 12.1 Å². The molecule has 3 rings (SSSR count). The predicted octanol–water partition coefficient (Wildman–Crippen LogP) is 3.25. The SMILES string of the molecule is CC(C)C[N+]1(C)C(CCO)=Nc2cnc3ccccc3c21. The molecule has 0 amide bonds. The van der Waals surface area contributed by atoms with E-state index in [0.29, 0.717) is 16.8 Å². The molecule has 0 spiro atoms. The smallest absolute Gasteiger partial charge is 0.210 e. The summed E-state index contributed by atoms with van der Waals surface area (Å²) in [6.45, 7) is 5.55. The van der Waals surface area contributed by atoms with Crippen molar-refractivity contribution in [3.8, 4) is 0 Å². The van der Waals surface area contributed by atoms with Crippen LogP contribution in [0.2, 0.25) is 0 Å². The fourth-order valence-electron chi connectivity index (χ4n) is 3.42. The summed E-state index contributed by atoms with van der Waals surface area (Å²) >= 11 is 0. The Morgan fingerprint density at radius 3 is 2.71 bits per heavy atom. The van der Waals surface area contributed by atoms with Crippen LogP contribution < -0.4 is 4.48 Å². The maximum atomic E-state index is 9.38. The van der Waals surface area contributed by atoms with E-state index in [-0.39, 0.29) is 6.61 Å². The number of nitrogens with zero attached hydrogens (tertiary/aromatic N) is 3. The highest BCUT2D eigenvalue weighted by atomic mass is 16.3. The number of benzene rings is 1. The number of aliphatic hydroxyl groups excluding tert-OH is 1. The van der Waals surface area contributed by atoms with E-state index < -0.39 is 0 Å². The van der Waals surface area contributed by atoms with Crippen molar-refractivity contribution in [1.82, 2.24) is 9.47 Å². The molecule has 1 atom stereocenters. The minimum absolute atomic E-state index is 0.129. The Bertz CT molecular complexity index is 708. The van der Waals surface area contributed by atoms with Crippen molar-refractivity contribution in [2.45, 2.75) is 20.3 Å². The fraction of sp³-hybridized carbons (Fsp3) is 0.412. The van der Waals surface area contributed by atoms with Gasteiger partial charge in [-0.2, -0.15) is 4.99 Å². The molecule has 1 N–H and O–H groups in total. The minimum atomic E-state index is 0.129. The van der Waals surface area contributed by atoms with Gasteiger partial charge in [0.25, 0.3) is 0 Å². The van der Waals surface area contributed by atoms with E-state index in [1.165, 1.54) is 5.69 Å². The molecule has 4 nitrogen and oxygen atoms in total. The zero-order valence-corrected chi connectivity index (χ0v) is 12.9. The van der Waals surface area contributed by atoms with Gasteiger partial charge >= 0.3 is 0 Å². The summed E-state index contributed by atoms with van der Waals surface area (Å²) in [6, 6.07) is 8.22. The molecule has 4 heteroatoms. The summed E-state index contributed by atoms with van der Waals surface area (Å²) in [4.78, 5) is 9.28. The second kappa shape index (κ2) is 5.20. The van der Waals surface area contributed by atoms with Gasteiger partial charge in [0.15, 0.2) is 5.69 Å². The number of fused-ring (bicyclic) bond motifs is 3. The zero-order chi connectivity index (χ0) is 15.0. The van der Waals surface area contributed by atoms with Crippen LogP contribution in [0.4, 0.5) is 11.4 Å². The molecule has 21 heavy (non-hydrogen) atoms. The van der Waals surface area contributed by atoms with Crippen LogP contribution in [0, 0.1) is 5.92 Å². The molecule has 0 saturated carbocycles.